The first-order chi connectivity index (χ1) is 15.0. The number of carbonyl (C=O) groups is 1. The van der Waals surface area contributed by atoms with Gasteiger partial charge < -0.3 is 14.8 Å². The standard InChI is InChI=1S/C23H28N2O5S/c26-23(18-9-11-20(12-10-18)30-17-21-7-5-15-29-21)24-19-6-4-8-22(16-19)31(27,28)25-13-2-1-3-14-25/h4,6,8-12,16,21H,1-3,5,7,13-15,17H2,(H,24,26)/t21-/m1/s1. The van der Waals surface area contributed by atoms with E-state index in [9.17, 15) is 13.2 Å². The Balaban J connectivity index is 1.38. The molecule has 2 saturated heterocycles. The van der Waals surface area contributed by atoms with Crippen molar-refractivity contribution in [1.29, 1.82) is 0 Å². The number of benzene rings is 2. The lowest BCUT2D eigenvalue weighted by atomic mass is 10.2. The minimum Gasteiger partial charge on any atom is -0.491 e. The van der Waals surface area contributed by atoms with Gasteiger partial charge in [-0.25, -0.2) is 8.42 Å². The van der Waals surface area contributed by atoms with Gasteiger partial charge in [0, 0.05) is 30.9 Å². The zero-order chi connectivity index (χ0) is 21.7. The quantitative estimate of drug-likeness (QED) is 0.704. The van der Waals surface area contributed by atoms with E-state index in [1.54, 1.807) is 42.5 Å². The number of hydrogen-bond acceptors (Lipinski definition) is 5. The summed E-state index contributed by atoms with van der Waals surface area (Å²) in [5, 5.41) is 2.79. The van der Waals surface area contributed by atoms with Crippen LogP contribution in [-0.2, 0) is 14.8 Å². The van der Waals surface area contributed by atoms with Gasteiger partial charge >= 0.3 is 0 Å². The van der Waals surface area contributed by atoms with Crippen molar-refractivity contribution in [1.82, 2.24) is 4.31 Å². The van der Waals surface area contributed by atoms with E-state index < -0.39 is 10.0 Å². The molecule has 2 heterocycles. The minimum absolute atomic E-state index is 0.136. The first-order valence-corrected chi connectivity index (χ1v) is 12.2. The molecule has 0 radical (unpaired) electrons. The van der Waals surface area contributed by atoms with E-state index in [0.29, 0.717) is 36.7 Å². The van der Waals surface area contributed by atoms with Gasteiger partial charge in [0.15, 0.2) is 0 Å². The monoisotopic (exact) mass is 444 g/mol. The van der Waals surface area contributed by atoms with Crippen LogP contribution in [-0.4, -0.2) is 51.0 Å². The van der Waals surface area contributed by atoms with E-state index in [4.69, 9.17) is 9.47 Å². The normalized spacial score (nSPS) is 19.8. The van der Waals surface area contributed by atoms with Gasteiger partial charge in [0.1, 0.15) is 12.4 Å². The van der Waals surface area contributed by atoms with Crippen LogP contribution in [0.4, 0.5) is 5.69 Å². The highest BCUT2D eigenvalue weighted by atomic mass is 32.2. The Hall–Kier alpha value is -2.42. The second-order valence-corrected chi connectivity index (χ2v) is 9.86. The maximum absolute atomic E-state index is 12.9. The van der Waals surface area contributed by atoms with Gasteiger partial charge in [-0.15, -0.1) is 0 Å². The Bertz CT molecular complexity index is 995. The summed E-state index contributed by atoms with van der Waals surface area (Å²) < 4.78 is 38.5. The molecule has 1 N–H and O–H groups in total. The molecule has 0 bridgehead atoms. The van der Waals surface area contributed by atoms with Gasteiger partial charge in [0.2, 0.25) is 10.0 Å². The first-order valence-electron chi connectivity index (χ1n) is 10.8. The molecule has 4 rings (SSSR count). The number of ether oxygens (including phenoxy) is 2. The summed E-state index contributed by atoms with van der Waals surface area (Å²) >= 11 is 0. The van der Waals surface area contributed by atoms with Crippen LogP contribution >= 0.6 is 0 Å². The van der Waals surface area contributed by atoms with Crippen molar-refractivity contribution in [2.75, 3.05) is 31.6 Å². The molecule has 7 nitrogen and oxygen atoms in total. The summed E-state index contributed by atoms with van der Waals surface area (Å²) in [6.45, 7) is 2.37. The van der Waals surface area contributed by atoms with Crippen molar-refractivity contribution >= 4 is 21.6 Å². The van der Waals surface area contributed by atoms with Crippen LogP contribution in [0.1, 0.15) is 42.5 Å². The fraction of sp³-hybridized carbons (Fsp3) is 0.435. The second-order valence-electron chi connectivity index (χ2n) is 7.92. The summed E-state index contributed by atoms with van der Waals surface area (Å²) in [5.41, 5.74) is 0.913. The number of nitrogens with one attached hydrogen (secondary N) is 1. The summed E-state index contributed by atoms with van der Waals surface area (Å²) in [6.07, 6.45) is 5.02. The molecule has 2 aromatic rings. The Kier molecular flexibility index (Phi) is 6.89. The molecule has 0 unspecified atom stereocenters. The number of anilines is 1. The zero-order valence-electron chi connectivity index (χ0n) is 17.5. The van der Waals surface area contributed by atoms with E-state index in [1.165, 1.54) is 10.4 Å². The van der Waals surface area contributed by atoms with Crippen molar-refractivity contribution in [3.05, 3.63) is 54.1 Å². The molecule has 8 heteroatoms. The number of nitrogens with zero attached hydrogens (tertiary/aromatic N) is 1. The second kappa shape index (κ2) is 9.80. The largest absolute Gasteiger partial charge is 0.491 e. The number of carbonyl (C=O) groups excluding carboxylic acids is 1. The lowest BCUT2D eigenvalue weighted by Crippen LogP contribution is -2.35. The molecule has 0 aliphatic carbocycles. The van der Waals surface area contributed by atoms with Crippen molar-refractivity contribution in [3.63, 3.8) is 0 Å². The van der Waals surface area contributed by atoms with Gasteiger partial charge in [-0.3, -0.25) is 4.79 Å². The maximum atomic E-state index is 12.9. The number of amides is 1. The number of piperidine rings is 1. The average Bonchev–Trinajstić information content (AvgIpc) is 3.32. The van der Waals surface area contributed by atoms with Crippen molar-refractivity contribution in [3.8, 4) is 5.75 Å². The van der Waals surface area contributed by atoms with Crippen LogP contribution in [0.3, 0.4) is 0 Å². The van der Waals surface area contributed by atoms with Crippen LogP contribution in [0.5, 0.6) is 5.75 Å². The van der Waals surface area contributed by atoms with E-state index in [-0.39, 0.29) is 16.9 Å². The van der Waals surface area contributed by atoms with E-state index >= 15 is 0 Å². The summed E-state index contributed by atoms with van der Waals surface area (Å²) in [4.78, 5) is 12.8. The van der Waals surface area contributed by atoms with Gasteiger partial charge in [-0.2, -0.15) is 4.31 Å². The zero-order valence-corrected chi connectivity index (χ0v) is 18.3. The molecule has 31 heavy (non-hydrogen) atoms. The summed E-state index contributed by atoms with van der Waals surface area (Å²) in [7, 11) is -3.55. The molecule has 2 aliphatic rings. The fourth-order valence-electron chi connectivity index (χ4n) is 3.86. The van der Waals surface area contributed by atoms with Crippen molar-refractivity contribution in [2.45, 2.75) is 43.1 Å². The molecule has 2 aliphatic heterocycles. The average molecular weight is 445 g/mol. The summed E-state index contributed by atoms with van der Waals surface area (Å²) in [6, 6.07) is 13.3. The lowest BCUT2D eigenvalue weighted by Gasteiger charge is -2.26. The highest BCUT2D eigenvalue weighted by molar-refractivity contribution is 7.89. The Morgan fingerprint density at radius 3 is 2.55 bits per heavy atom. The predicted molar refractivity (Wildman–Crippen MR) is 118 cm³/mol. The number of hydrogen-bond donors (Lipinski definition) is 1. The van der Waals surface area contributed by atoms with Crippen LogP contribution in [0.25, 0.3) is 0 Å². The Morgan fingerprint density at radius 1 is 1.06 bits per heavy atom. The molecule has 1 amide bonds. The molecule has 0 aromatic heterocycles. The highest BCUT2D eigenvalue weighted by Gasteiger charge is 2.26. The molecular weight excluding hydrogens is 416 g/mol. The molecule has 166 valence electrons. The van der Waals surface area contributed by atoms with E-state index in [0.717, 1.165) is 38.7 Å². The SMILES string of the molecule is O=C(Nc1cccc(S(=O)(=O)N2CCCCC2)c1)c1ccc(OC[C@H]2CCCO2)cc1. The Labute approximate surface area is 183 Å². The van der Waals surface area contributed by atoms with Gasteiger partial charge in [0.25, 0.3) is 5.91 Å². The van der Waals surface area contributed by atoms with Crippen LogP contribution in [0.2, 0.25) is 0 Å². The predicted octanol–water partition coefficient (Wildman–Crippen LogP) is 3.67. The van der Waals surface area contributed by atoms with Gasteiger partial charge in [0.05, 0.1) is 11.0 Å². The number of rotatable bonds is 7. The van der Waals surface area contributed by atoms with E-state index in [2.05, 4.69) is 5.32 Å². The molecule has 0 saturated carbocycles. The summed E-state index contributed by atoms with van der Waals surface area (Å²) in [5.74, 6) is 0.375. The smallest absolute Gasteiger partial charge is 0.255 e. The third kappa shape index (κ3) is 5.44. The van der Waals surface area contributed by atoms with Crippen LogP contribution < -0.4 is 10.1 Å². The van der Waals surface area contributed by atoms with Gasteiger partial charge in [-0.05, 0) is 68.1 Å². The first kappa shape index (κ1) is 21.8. The van der Waals surface area contributed by atoms with Crippen molar-refractivity contribution in [2.24, 2.45) is 0 Å². The number of sulfonamides is 1. The molecule has 2 fully saturated rings. The third-order valence-corrected chi connectivity index (χ3v) is 7.52. The van der Waals surface area contributed by atoms with E-state index in [1.807, 2.05) is 0 Å². The molecule has 1 atom stereocenters. The molecule has 0 spiro atoms. The molecule has 2 aromatic carbocycles. The minimum atomic E-state index is -3.55. The topological polar surface area (TPSA) is 84.9 Å². The fourth-order valence-corrected chi connectivity index (χ4v) is 5.42. The maximum Gasteiger partial charge on any atom is 0.255 e. The van der Waals surface area contributed by atoms with Crippen LogP contribution in [0.15, 0.2) is 53.4 Å². The van der Waals surface area contributed by atoms with Crippen LogP contribution in [0, 0.1) is 0 Å². The lowest BCUT2D eigenvalue weighted by molar-refractivity contribution is 0.0679. The van der Waals surface area contributed by atoms with Crippen molar-refractivity contribution < 1.29 is 22.7 Å². The highest BCUT2D eigenvalue weighted by Crippen LogP contribution is 2.23. The third-order valence-electron chi connectivity index (χ3n) is 5.62. The Morgan fingerprint density at radius 2 is 1.84 bits per heavy atom. The molecular formula is C23H28N2O5S. The van der Waals surface area contributed by atoms with Gasteiger partial charge in [-0.1, -0.05) is 12.5 Å².